The normalized spacial score (nSPS) is 18.0. The van der Waals surface area contributed by atoms with Gasteiger partial charge in [-0.25, -0.2) is 0 Å². The van der Waals surface area contributed by atoms with Crippen LogP contribution in [0.25, 0.3) is 11.4 Å². The number of benzene rings is 1. The van der Waals surface area contributed by atoms with Crippen molar-refractivity contribution in [2.45, 2.75) is 19.4 Å². The van der Waals surface area contributed by atoms with Crippen molar-refractivity contribution in [1.29, 1.82) is 0 Å². The predicted octanol–water partition coefficient (Wildman–Crippen LogP) is 1.30. The number of carboxylic acids is 1. The molecular formula is C13H13N3O3. The van der Waals surface area contributed by atoms with E-state index in [0.717, 1.165) is 5.82 Å². The fraction of sp³-hybridized carbons (Fsp3) is 0.308. The molecule has 0 radical (unpaired) electrons. The molecule has 6 heteroatoms. The van der Waals surface area contributed by atoms with Crippen LogP contribution in [0.2, 0.25) is 0 Å². The first-order chi connectivity index (χ1) is 9.16. The fourth-order valence-corrected chi connectivity index (χ4v) is 2.39. The van der Waals surface area contributed by atoms with Gasteiger partial charge in [-0.05, 0) is 18.6 Å². The van der Waals surface area contributed by atoms with Crippen LogP contribution in [0.5, 0.6) is 5.75 Å². The van der Waals surface area contributed by atoms with Crippen LogP contribution in [0.15, 0.2) is 24.3 Å². The van der Waals surface area contributed by atoms with E-state index in [-0.39, 0.29) is 5.75 Å². The first kappa shape index (κ1) is 11.7. The lowest BCUT2D eigenvalue weighted by Gasteiger charge is -2.21. The summed E-state index contributed by atoms with van der Waals surface area (Å²) in [5.41, 5.74) is 0.576. The third-order valence-electron chi connectivity index (χ3n) is 3.44. The molecule has 98 valence electrons. The molecule has 1 atom stereocenters. The highest BCUT2D eigenvalue weighted by atomic mass is 16.4. The summed E-state index contributed by atoms with van der Waals surface area (Å²) in [5, 5.41) is 27.1. The van der Waals surface area contributed by atoms with Gasteiger partial charge in [0, 0.05) is 13.0 Å². The number of aliphatic carboxylic acids is 1. The van der Waals surface area contributed by atoms with Gasteiger partial charge in [0.2, 0.25) is 0 Å². The summed E-state index contributed by atoms with van der Waals surface area (Å²) >= 11 is 0. The second-order valence-electron chi connectivity index (χ2n) is 4.64. The summed E-state index contributed by atoms with van der Waals surface area (Å²) in [5.74, 6) is 0.195. The molecule has 19 heavy (non-hydrogen) atoms. The smallest absolute Gasteiger partial charge is 0.308 e. The number of carbonyl (C=O) groups is 1. The maximum atomic E-state index is 11.1. The highest BCUT2D eigenvalue weighted by Crippen LogP contribution is 2.30. The zero-order valence-electron chi connectivity index (χ0n) is 10.2. The summed E-state index contributed by atoms with van der Waals surface area (Å²) in [7, 11) is 0. The lowest BCUT2D eigenvalue weighted by Crippen LogP contribution is -2.27. The van der Waals surface area contributed by atoms with E-state index in [4.69, 9.17) is 5.11 Å². The van der Waals surface area contributed by atoms with Crippen LogP contribution in [0.3, 0.4) is 0 Å². The van der Waals surface area contributed by atoms with Crippen LogP contribution in [0.1, 0.15) is 12.2 Å². The third kappa shape index (κ3) is 1.95. The van der Waals surface area contributed by atoms with Crippen molar-refractivity contribution < 1.29 is 15.0 Å². The highest BCUT2D eigenvalue weighted by Gasteiger charge is 2.28. The van der Waals surface area contributed by atoms with Crippen molar-refractivity contribution in [2.24, 2.45) is 5.92 Å². The van der Waals surface area contributed by atoms with Gasteiger partial charge in [0.05, 0.1) is 11.5 Å². The predicted molar refractivity (Wildman–Crippen MR) is 66.6 cm³/mol. The monoisotopic (exact) mass is 259 g/mol. The number of phenols is 1. The van der Waals surface area contributed by atoms with Gasteiger partial charge in [-0.15, -0.1) is 10.2 Å². The van der Waals surface area contributed by atoms with Gasteiger partial charge < -0.3 is 14.8 Å². The Balaban J connectivity index is 2.04. The van der Waals surface area contributed by atoms with Gasteiger partial charge in [-0.3, -0.25) is 4.79 Å². The van der Waals surface area contributed by atoms with E-state index < -0.39 is 11.9 Å². The van der Waals surface area contributed by atoms with Gasteiger partial charge >= 0.3 is 5.97 Å². The van der Waals surface area contributed by atoms with E-state index in [1.807, 2.05) is 0 Å². The second-order valence-corrected chi connectivity index (χ2v) is 4.64. The molecule has 1 aromatic heterocycles. The number of nitrogens with zero attached hydrogens (tertiary/aromatic N) is 3. The van der Waals surface area contributed by atoms with E-state index in [1.165, 1.54) is 0 Å². The average molecular weight is 259 g/mol. The minimum Gasteiger partial charge on any atom is -0.507 e. The number of hydrogen-bond acceptors (Lipinski definition) is 4. The molecule has 1 unspecified atom stereocenters. The number of hydrogen-bond donors (Lipinski definition) is 2. The van der Waals surface area contributed by atoms with E-state index >= 15 is 0 Å². The van der Waals surface area contributed by atoms with Gasteiger partial charge in [-0.2, -0.15) is 0 Å². The number of aromatic nitrogens is 3. The molecule has 2 N–H and O–H groups in total. The van der Waals surface area contributed by atoms with Crippen LogP contribution >= 0.6 is 0 Å². The lowest BCUT2D eigenvalue weighted by molar-refractivity contribution is -0.142. The Labute approximate surface area is 109 Å². The van der Waals surface area contributed by atoms with Gasteiger partial charge in [0.15, 0.2) is 5.82 Å². The van der Waals surface area contributed by atoms with E-state index in [1.54, 1.807) is 28.8 Å². The third-order valence-corrected chi connectivity index (χ3v) is 3.44. The Morgan fingerprint density at radius 3 is 2.84 bits per heavy atom. The molecule has 0 bridgehead atoms. The Kier molecular flexibility index (Phi) is 2.70. The minimum atomic E-state index is -0.803. The van der Waals surface area contributed by atoms with Crippen LogP contribution in [-0.2, 0) is 17.8 Å². The molecule has 1 aliphatic rings. The quantitative estimate of drug-likeness (QED) is 0.848. The first-order valence-corrected chi connectivity index (χ1v) is 6.10. The molecule has 6 nitrogen and oxygen atoms in total. The maximum Gasteiger partial charge on any atom is 0.308 e. The molecule has 1 aliphatic heterocycles. The number of fused-ring (bicyclic) bond motifs is 1. The standard InChI is InChI=1S/C13H13N3O3/c17-10-4-2-1-3-9(10)12-15-14-11-6-5-8(13(18)19)7-16(11)12/h1-4,8,17H,5-7H2,(H,18,19). The van der Waals surface area contributed by atoms with Crippen molar-refractivity contribution >= 4 is 5.97 Å². The van der Waals surface area contributed by atoms with Crippen LogP contribution in [0, 0.1) is 5.92 Å². The van der Waals surface area contributed by atoms with Crippen molar-refractivity contribution in [3.05, 3.63) is 30.1 Å². The molecule has 0 fully saturated rings. The zero-order valence-corrected chi connectivity index (χ0v) is 10.2. The summed E-state index contributed by atoms with van der Waals surface area (Å²) in [4.78, 5) is 11.1. The number of aryl methyl sites for hydroxylation is 1. The molecule has 0 aliphatic carbocycles. The molecule has 0 saturated heterocycles. The van der Waals surface area contributed by atoms with Gasteiger partial charge in [-0.1, -0.05) is 12.1 Å². The molecule has 0 spiro atoms. The number of phenolic OH excluding ortho intramolecular Hbond substituents is 1. The molecular weight excluding hydrogens is 246 g/mol. The van der Waals surface area contributed by atoms with E-state index in [0.29, 0.717) is 30.8 Å². The van der Waals surface area contributed by atoms with Gasteiger partial charge in [0.1, 0.15) is 11.6 Å². The molecule has 1 aromatic carbocycles. The average Bonchev–Trinajstić information content (AvgIpc) is 2.82. The summed E-state index contributed by atoms with van der Waals surface area (Å²) in [6.07, 6.45) is 1.17. The molecule has 2 heterocycles. The van der Waals surface area contributed by atoms with Crippen molar-refractivity contribution in [3.8, 4) is 17.1 Å². The highest BCUT2D eigenvalue weighted by molar-refractivity contribution is 5.70. The fourth-order valence-electron chi connectivity index (χ4n) is 2.39. The Hall–Kier alpha value is -2.37. The van der Waals surface area contributed by atoms with Crippen molar-refractivity contribution in [3.63, 3.8) is 0 Å². The molecule has 2 aromatic rings. The second kappa shape index (κ2) is 4.38. The van der Waals surface area contributed by atoms with Crippen LogP contribution < -0.4 is 0 Å². The zero-order chi connectivity index (χ0) is 13.4. The number of aromatic hydroxyl groups is 1. The largest absolute Gasteiger partial charge is 0.507 e. The summed E-state index contributed by atoms with van der Waals surface area (Å²) < 4.78 is 1.79. The topological polar surface area (TPSA) is 88.2 Å². The number of rotatable bonds is 2. The first-order valence-electron chi connectivity index (χ1n) is 6.10. The number of carboxylic acid groups (broad SMARTS) is 1. The van der Waals surface area contributed by atoms with Gasteiger partial charge in [0.25, 0.3) is 0 Å². The molecule has 0 amide bonds. The van der Waals surface area contributed by atoms with Crippen LogP contribution in [0.4, 0.5) is 0 Å². The van der Waals surface area contributed by atoms with E-state index in [2.05, 4.69) is 10.2 Å². The van der Waals surface area contributed by atoms with Crippen LogP contribution in [-0.4, -0.2) is 30.9 Å². The van der Waals surface area contributed by atoms with Crippen molar-refractivity contribution in [1.82, 2.24) is 14.8 Å². The SMILES string of the molecule is O=C(O)C1CCc2nnc(-c3ccccc3O)n2C1. The Bertz CT molecular complexity index is 636. The Morgan fingerprint density at radius 1 is 1.32 bits per heavy atom. The molecule has 3 rings (SSSR count). The summed E-state index contributed by atoms with van der Waals surface area (Å²) in [6.45, 7) is 0.349. The minimum absolute atomic E-state index is 0.121. The number of para-hydroxylation sites is 1. The molecule has 0 saturated carbocycles. The van der Waals surface area contributed by atoms with Crippen molar-refractivity contribution in [2.75, 3.05) is 0 Å². The lowest BCUT2D eigenvalue weighted by atomic mass is 9.99. The summed E-state index contributed by atoms with van der Waals surface area (Å²) in [6, 6.07) is 6.85. The Morgan fingerprint density at radius 2 is 2.11 bits per heavy atom. The maximum absolute atomic E-state index is 11.1. The van der Waals surface area contributed by atoms with E-state index in [9.17, 15) is 9.90 Å².